The third kappa shape index (κ3) is 5.16. The van der Waals surface area contributed by atoms with E-state index in [4.69, 9.17) is 15.3 Å². The van der Waals surface area contributed by atoms with Gasteiger partial charge >= 0.3 is 0 Å². The van der Waals surface area contributed by atoms with E-state index in [-0.39, 0.29) is 0 Å². The summed E-state index contributed by atoms with van der Waals surface area (Å²) in [4.78, 5) is 11.1. The van der Waals surface area contributed by atoms with Crippen molar-refractivity contribution in [2.45, 2.75) is 38.4 Å². The normalized spacial score (nSPS) is 14.9. The Hall–Kier alpha value is -0.650. The van der Waals surface area contributed by atoms with E-state index >= 15 is 0 Å². The number of unbranched alkanes of at least 4 members (excludes halogenated alkanes) is 2. The summed E-state index contributed by atoms with van der Waals surface area (Å²) in [7, 11) is 0. The van der Waals surface area contributed by atoms with Crippen molar-refractivity contribution in [3.63, 3.8) is 0 Å². The quantitative estimate of drug-likeness (QED) is 0.402. The second-order valence-corrected chi connectivity index (χ2v) is 3.19. The molecule has 2 atom stereocenters. The van der Waals surface area contributed by atoms with Gasteiger partial charge in [0.2, 0.25) is 0 Å². The molecule has 0 aliphatic rings. The maximum absolute atomic E-state index is 11.1. The highest BCUT2D eigenvalue weighted by atomic mass is 16.4. The van der Waals surface area contributed by atoms with Gasteiger partial charge in [-0.15, -0.1) is 0 Å². The maximum atomic E-state index is 11.1. The monoisotopic (exact) mass is 205 g/mol. The van der Waals surface area contributed by atoms with Crippen LogP contribution in [0.25, 0.3) is 0 Å². The van der Waals surface area contributed by atoms with Gasteiger partial charge < -0.3 is 20.6 Å². The van der Waals surface area contributed by atoms with Crippen LogP contribution in [0.4, 0.5) is 0 Å². The summed E-state index contributed by atoms with van der Waals surface area (Å²) in [5, 5.41) is 29.0. The minimum Gasteiger partial charge on any atom is -0.394 e. The summed E-state index contributed by atoms with van der Waals surface area (Å²) in [6.07, 6.45) is -0.0244. The molecule has 0 heterocycles. The lowest BCUT2D eigenvalue weighted by atomic mass is 10.2. The van der Waals surface area contributed by atoms with E-state index in [1.807, 2.05) is 6.92 Å². The number of nitrogens with one attached hydrogen (secondary N) is 1. The highest BCUT2D eigenvalue weighted by Crippen LogP contribution is 1.94. The van der Waals surface area contributed by atoms with Gasteiger partial charge in [0.15, 0.2) is 6.10 Å². The summed E-state index contributed by atoms with van der Waals surface area (Å²) in [6, 6.07) is 0. The van der Waals surface area contributed by atoms with E-state index in [0.717, 1.165) is 19.3 Å². The van der Waals surface area contributed by atoms with E-state index < -0.39 is 24.7 Å². The van der Waals surface area contributed by atoms with Gasteiger partial charge in [-0.05, 0) is 6.42 Å². The number of aliphatic hydroxyl groups excluding tert-OH is 3. The Morgan fingerprint density at radius 2 is 2.00 bits per heavy atom. The molecule has 0 saturated carbocycles. The second-order valence-electron chi connectivity index (χ2n) is 3.19. The minimum atomic E-state index is -1.54. The smallest absolute Gasteiger partial charge is 0.251 e. The molecule has 14 heavy (non-hydrogen) atoms. The molecule has 0 aliphatic carbocycles. The number of rotatable bonds is 7. The lowest BCUT2D eigenvalue weighted by molar-refractivity contribution is -0.136. The van der Waals surface area contributed by atoms with Crippen LogP contribution in [0.3, 0.4) is 0 Å². The van der Waals surface area contributed by atoms with Gasteiger partial charge in [-0.25, -0.2) is 0 Å². The molecule has 0 rings (SSSR count). The Morgan fingerprint density at radius 3 is 2.50 bits per heavy atom. The fourth-order valence-corrected chi connectivity index (χ4v) is 0.966. The Kier molecular flexibility index (Phi) is 7.37. The molecule has 84 valence electrons. The van der Waals surface area contributed by atoms with Crippen molar-refractivity contribution in [2.24, 2.45) is 0 Å². The van der Waals surface area contributed by atoms with Crippen molar-refractivity contribution >= 4 is 5.91 Å². The number of aliphatic hydroxyl groups is 3. The molecule has 4 N–H and O–H groups in total. The molecule has 1 amide bonds. The summed E-state index contributed by atoms with van der Waals surface area (Å²) < 4.78 is 0. The Morgan fingerprint density at radius 1 is 1.36 bits per heavy atom. The zero-order valence-electron chi connectivity index (χ0n) is 8.44. The van der Waals surface area contributed by atoms with Crippen LogP contribution in [0, 0.1) is 0 Å². The molecule has 5 heteroatoms. The van der Waals surface area contributed by atoms with Gasteiger partial charge in [0.25, 0.3) is 5.91 Å². The average Bonchev–Trinajstić information content (AvgIpc) is 2.21. The fraction of sp³-hybridized carbons (Fsp3) is 0.889. The van der Waals surface area contributed by atoms with Gasteiger partial charge in [-0.1, -0.05) is 19.8 Å². The largest absolute Gasteiger partial charge is 0.394 e. The van der Waals surface area contributed by atoms with E-state index in [0.29, 0.717) is 6.54 Å². The van der Waals surface area contributed by atoms with E-state index in [2.05, 4.69) is 5.32 Å². The zero-order valence-corrected chi connectivity index (χ0v) is 8.44. The van der Waals surface area contributed by atoms with Crippen LogP contribution in [0.1, 0.15) is 26.2 Å². The van der Waals surface area contributed by atoms with Crippen LogP contribution in [0.5, 0.6) is 0 Å². The second kappa shape index (κ2) is 7.73. The van der Waals surface area contributed by atoms with Gasteiger partial charge in [-0.3, -0.25) is 4.79 Å². The molecule has 0 fully saturated rings. The first-order chi connectivity index (χ1) is 6.63. The zero-order chi connectivity index (χ0) is 11.0. The molecule has 0 saturated heterocycles. The molecule has 5 nitrogen and oxygen atoms in total. The highest BCUT2D eigenvalue weighted by molar-refractivity contribution is 5.81. The topological polar surface area (TPSA) is 89.8 Å². The molecule has 0 aliphatic heterocycles. The molecular formula is C9H19NO4. The van der Waals surface area contributed by atoms with Gasteiger partial charge in [0, 0.05) is 6.54 Å². The minimum absolute atomic E-state index is 0.488. The first kappa shape index (κ1) is 13.4. The van der Waals surface area contributed by atoms with Crippen molar-refractivity contribution in [3.05, 3.63) is 0 Å². The average molecular weight is 205 g/mol. The Bertz CT molecular complexity index is 163. The standard InChI is InChI=1S/C9H19NO4/c1-2-3-4-5-10-9(14)8(13)7(12)6-11/h7-8,11-13H,2-6H2,1H3,(H,10,14)/t7-,8-/m1/s1. The Balaban J connectivity index is 3.62. The lowest BCUT2D eigenvalue weighted by Crippen LogP contribution is -2.43. The number of hydrogen-bond donors (Lipinski definition) is 4. The summed E-state index contributed by atoms with van der Waals surface area (Å²) in [5.41, 5.74) is 0. The van der Waals surface area contributed by atoms with Gasteiger partial charge in [0.05, 0.1) is 6.61 Å². The van der Waals surface area contributed by atoms with E-state index in [1.165, 1.54) is 0 Å². The van der Waals surface area contributed by atoms with Crippen molar-refractivity contribution in [2.75, 3.05) is 13.2 Å². The van der Waals surface area contributed by atoms with Crippen molar-refractivity contribution in [1.82, 2.24) is 5.32 Å². The van der Waals surface area contributed by atoms with Crippen LogP contribution in [0.2, 0.25) is 0 Å². The molecule has 0 spiro atoms. The van der Waals surface area contributed by atoms with Crippen LogP contribution >= 0.6 is 0 Å². The van der Waals surface area contributed by atoms with Crippen molar-refractivity contribution in [3.8, 4) is 0 Å². The third-order valence-electron chi connectivity index (χ3n) is 1.90. The summed E-state index contributed by atoms with van der Waals surface area (Å²) in [5.74, 6) is -0.636. The Labute approximate surface area is 83.8 Å². The first-order valence-electron chi connectivity index (χ1n) is 4.88. The third-order valence-corrected chi connectivity index (χ3v) is 1.90. The number of hydrogen-bond acceptors (Lipinski definition) is 4. The maximum Gasteiger partial charge on any atom is 0.251 e. The molecule has 0 bridgehead atoms. The molecule has 0 aromatic rings. The molecular weight excluding hydrogens is 186 g/mol. The highest BCUT2D eigenvalue weighted by Gasteiger charge is 2.22. The molecule has 0 radical (unpaired) electrons. The van der Waals surface area contributed by atoms with Crippen molar-refractivity contribution < 1.29 is 20.1 Å². The lowest BCUT2D eigenvalue weighted by Gasteiger charge is -2.14. The fourth-order valence-electron chi connectivity index (χ4n) is 0.966. The van der Waals surface area contributed by atoms with Crippen LogP contribution in [-0.4, -0.2) is 46.6 Å². The van der Waals surface area contributed by atoms with Gasteiger partial charge in [0.1, 0.15) is 6.10 Å². The molecule has 0 aromatic carbocycles. The predicted molar refractivity (Wildman–Crippen MR) is 51.6 cm³/mol. The summed E-state index contributed by atoms with van der Waals surface area (Å²) >= 11 is 0. The number of amides is 1. The van der Waals surface area contributed by atoms with Crippen LogP contribution < -0.4 is 5.32 Å². The van der Waals surface area contributed by atoms with Crippen LogP contribution in [-0.2, 0) is 4.79 Å². The SMILES string of the molecule is CCCCCNC(=O)[C@H](O)[C@H](O)CO. The van der Waals surface area contributed by atoms with Crippen molar-refractivity contribution in [1.29, 1.82) is 0 Å². The first-order valence-corrected chi connectivity index (χ1v) is 4.88. The molecule has 0 unspecified atom stereocenters. The van der Waals surface area contributed by atoms with Crippen LogP contribution in [0.15, 0.2) is 0 Å². The number of carbonyl (C=O) groups is 1. The van der Waals surface area contributed by atoms with E-state index in [9.17, 15) is 4.79 Å². The van der Waals surface area contributed by atoms with E-state index in [1.54, 1.807) is 0 Å². The summed E-state index contributed by atoms with van der Waals surface area (Å²) in [6.45, 7) is 1.91. The number of carbonyl (C=O) groups excluding carboxylic acids is 1. The predicted octanol–water partition coefficient (Wildman–Crippen LogP) is -0.993. The molecule has 0 aromatic heterocycles. The van der Waals surface area contributed by atoms with Gasteiger partial charge in [-0.2, -0.15) is 0 Å².